The van der Waals surface area contributed by atoms with Crippen molar-refractivity contribution in [3.8, 4) is 0 Å². The highest BCUT2D eigenvalue weighted by Crippen LogP contribution is 2.22. The molecule has 1 fully saturated rings. The molecule has 1 aliphatic heterocycles. The van der Waals surface area contributed by atoms with Crippen LogP contribution in [0.4, 0.5) is 5.69 Å². The number of anilines is 1. The van der Waals surface area contributed by atoms with Crippen LogP contribution in [-0.4, -0.2) is 49.2 Å². The number of pyridine rings is 1. The molecular weight excluding hydrogens is 248 g/mol. The quantitative estimate of drug-likeness (QED) is 0.862. The molecule has 112 valence electrons. The smallest absolute Gasteiger partial charge is 0.0562 e. The molecule has 1 N–H and O–H groups in total. The summed E-state index contributed by atoms with van der Waals surface area (Å²) in [7, 11) is 2.22. The Morgan fingerprint density at radius 1 is 1.35 bits per heavy atom. The molecule has 4 nitrogen and oxygen atoms in total. The van der Waals surface area contributed by atoms with Gasteiger partial charge in [-0.2, -0.15) is 0 Å². The van der Waals surface area contributed by atoms with Crippen molar-refractivity contribution in [2.75, 3.05) is 38.1 Å². The number of hydrogen-bond acceptors (Lipinski definition) is 4. The molecule has 1 aromatic rings. The zero-order chi connectivity index (χ0) is 14.4. The molecule has 0 radical (unpaired) electrons. The molecule has 0 unspecified atom stereocenters. The lowest BCUT2D eigenvalue weighted by molar-refractivity contribution is 0.221. The van der Waals surface area contributed by atoms with Gasteiger partial charge in [-0.3, -0.25) is 4.98 Å². The molecule has 2 rings (SSSR count). The highest BCUT2D eigenvalue weighted by molar-refractivity contribution is 5.46. The number of nitrogens with one attached hydrogen (secondary N) is 1. The third-order valence-corrected chi connectivity index (χ3v) is 4.32. The van der Waals surface area contributed by atoms with Crippen LogP contribution in [0.2, 0.25) is 0 Å². The van der Waals surface area contributed by atoms with Gasteiger partial charge in [0.25, 0.3) is 0 Å². The van der Waals surface area contributed by atoms with Crippen LogP contribution in [0.1, 0.15) is 32.4 Å². The van der Waals surface area contributed by atoms with Crippen molar-refractivity contribution in [1.82, 2.24) is 15.2 Å². The van der Waals surface area contributed by atoms with E-state index >= 15 is 0 Å². The van der Waals surface area contributed by atoms with E-state index in [9.17, 15) is 0 Å². The second kappa shape index (κ2) is 7.60. The molecular formula is C16H28N4. The van der Waals surface area contributed by atoms with Crippen molar-refractivity contribution in [3.05, 3.63) is 24.0 Å². The van der Waals surface area contributed by atoms with E-state index in [0.717, 1.165) is 18.8 Å². The Morgan fingerprint density at radius 3 is 2.75 bits per heavy atom. The number of piperidine rings is 1. The van der Waals surface area contributed by atoms with Crippen LogP contribution in [0.5, 0.6) is 0 Å². The molecule has 0 spiro atoms. The van der Waals surface area contributed by atoms with Crippen molar-refractivity contribution in [1.29, 1.82) is 0 Å². The molecule has 0 aliphatic carbocycles. The first-order valence-corrected chi connectivity index (χ1v) is 7.85. The van der Waals surface area contributed by atoms with Gasteiger partial charge in [-0.25, -0.2) is 0 Å². The minimum absolute atomic E-state index is 0.659. The molecule has 0 aromatic carbocycles. The average Bonchev–Trinajstić information content (AvgIpc) is 2.52. The number of rotatable bonds is 6. The Balaban J connectivity index is 1.96. The fraction of sp³-hybridized carbons (Fsp3) is 0.688. The van der Waals surface area contributed by atoms with E-state index in [0.29, 0.717) is 6.04 Å². The molecule has 1 aliphatic rings. The molecule has 0 saturated carbocycles. The minimum atomic E-state index is 0.659. The lowest BCUT2D eigenvalue weighted by Crippen LogP contribution is -2.43. The van der Waals surface area contributed by atoms with Gasteiger partial charge in [0.1, 0.15) is 0 Å². The third kappa shape index (κ3) is 3.93. The molecule has 1 aromatic heterocycles. The van der Waals surface area contributed by atoms with Crippen molar-refractivity contribution in [2.45, 2.75) is 39.3 Å². The van der Waals surface area contributed by atoms with Crippen LogP contribution in [0.25, 0.3) is 0 Å². The molecule has 20 heavy (non-hydrogen) atoms. The maximum absolute atomic E-state index is 4.43. The summed E-state index contributed by atoms with van der Waals surface area (Å²) in [5.41, 5.74) is 2.42. The molecule has 0 amide bonds. The van der Waals surface area contributed by atoms with E-state index in [2.05, 4.69) is 53.1 Å². The summed E-state index contributed by atoms with van der Waals surface area (Å²) in [6.07, 6.45) is 4.45. The topological polar surface area (TPSA) is 31.4 Å². The fourth-order valence-electron chi connectivity index (χ4n) is 2.87. The van der Waals surface area contributed by atoms with Gasteiger partial charge in [0, 0.05) is 44.6 Å². The van der Waals surface area contributed by atoms with Crippen LogP contribution in [0.15, 0.2) is 18.3 Å². The summed E-state index contributed by atoms with van der Waals surface area (Å²) >= 11 is 0. The number of nitrogens with zero attached hydrogens (tertiary/aromatic N) is 3. The minimum Gasteiger partial charge on any atom is -0.371 e. The van der Waals surface area contributed by atoms with Gasteiger partial charge >= 0.3 is 0 Å². The summed E-state index contributed by atoms with van der Waals surface area (Å²) in [5.74, 6) is 0. The normalized spacial score (nSPS) is 17.4. The van der Waals surface area contributed by atoms with Crippen molar-refractivity contribution in [3.63, 3.8) is 0 Å². The maximum atomic E-state index is 4.43. The van der Waals surface area contributed by atoms with Crippen LogP contribution in [0.3, 0.4) is 0 Å². The predicted molar refractivity (Wildman–Crippen MR) is 85.2 cm³/mol. The monoisotopic (exact) mass is 276 g/mol. The SMILES string of the molecule is CCNCc1cc(N(C)C2CCN(CC)CC2)ccn1. The number of likely N-dealkylation sites (tertiary alicyclic amines) is 1. The second-order valence-electron chi connectivity index (χ2n) is 5.56. The van der Waals surface area contributed by atoms with E-state index in [1.54, 1.807) is 0 Å². The molecule has 2 heterocycles. The fourth-order valence-corrected chi connectivity index (χ4v) is 2.87. The summed E-state index contributed by atoms with van der Waals surface area (Å²) in [4.78, 5) is 9.40. The average molecular weight is 276 g/mol. The van der Waals surface area contributed by atoms with Gasteiger partial charge in [0.05, 0.1) is 5.69 Å². The molecule has 0 bridgehead atoms. The van der Waals surface area contributed by atoms with Gasteiger partial charge in [0.15, 0.2) is 0 Å². The summed E-state index contributed by atoms with van der Waals surface area (Å²) in [5, 5.41) is 3.34. The van der Waals surface area contributed by atoms with Crippen LogP contribution < -0.4 is 10.2 Å². The standard InChI is InChI=1S/C16H28N4/c1-4-17-13-14-12-16(6-9-18-14)19(3)15-7-10-20(5-2)11-8-15/h6,9,12,15,17H,4-5,7-8,10-11,13H2,1-3H3. The van der Waals surface area contributed by atoms with Gasteiger partial charge in [-0.15, -0.1) is 0 Å². The van der Waals surface area contributed by atoms with Crippen LogP contribution in [-0.2, 0) is 6.54 Å². The zero-order valence-corrected chi connectivity index (χ0v) is 13.1. The zero-order valence-electron chi connectivity index (χ0n) is 13.1. The highest BCUT2D eigenvalue weighted by atomic mass is 15.2. The second-order valence-corrected chi connectivity index (χ2v) is 5.56. The number of hydrogen-bond donors (Lipinski definition) is 1. The largest absolute Gasteiger partial charge is 0.371 e. The lowest BCUT2D eigenvalue weighted by Gasteiger charge is -2.37. The van der Waals surface area contributed by atoms with Gasteiger partial charge in [-0.05, 0) is 38.1 Å². The van der Waals surface area contributed by atoms with Gasteiger partial charge < -0.3 is 15.1 Å². The van der Waals surface area contributed by atoms with Gasteiger partial charge in [-0.1, -0.05) is 13.8 Å². The van der Waals surface area contributed by atoms with E-state index in [1.807, 2.05) is 6.20 Å². The van der Waals surface area contributed by atoms with E-state index < -0.39 is 0 Å². The molecule has 4 heteroatoms. The first kappa shape index (κ1) is 15.3. The first-order valence-electron chi connectivity index (χ1n) is 7.85. The van der Waals surface area contributed by atoms with E-state index in [-0.39, 0.29) is 0 Å². The summed E-state index contributed by atoms with van der Waals surface area (Å²) < 4.78 is 0. The van der Waals surface area contributed by atoms with E-state index in [4.69, 9.17) is 0 Å². The molecule has 0 atom stereocenters. The summed E-state index contributed by atoms with van der Waals surface area (Å²) in [6.45, 7) is 9.83. The molecule has 1 saturated heterocycles. The maximum Gasteiger partial charge on any atom is 0.0562 e. The van der Waals surface area contributed by atoms with Gasteiger partial charge in [0.2, 0.25) is 0 Å². The van der Waals surface area contributed by atoms with Crippen molar-refractivity contribution < 1.29 is 0 Å². The summed E-state index contributed by atoms with van der Waals surface area (Å²) in [6, 6.07) is 5.00. The Morgan fingerprint density at radius 2 is 2.10 bits per heavy atom. The van der Waals surface area contributed by atoms with Crippen molar-refractivity contribution in [2.24, 2.45) is 0 Å². The first-order chi connectivity index (χ1) is 9.74. The van der Waals surface area contributed by atoms with E-state index in [1.165, 1.54) is 38.2 Å². The third-order valence-electron chi connectivity index (χ3n) is 4.32. The van der Waals surface area contributed by atoms with Crippen molar-refractivity contribution >= 4 is 5.69 Å². The Labute approximate surface area is 123 Å². The Hall–Kier alpha value is -1.13. The highest BCUT2D eigenvalue weighted by Gasteiger charge is 2.21. The Bertz CT molecular complexity index is 399. The lowest BCUT2D eigenvalue weighted by atomic mass is 10.0. The Kier molecular flexibility index (Phi) is 5.80. The predicted octanol–water partition coefficient (Wildman–Crippen LogP) is 2.11. The van der Waals surface area contributed by atoms with Crippen LogP contribution >= 0.6 is 0 Å². The number of aromatic nitrogens is 1. The van der Waals surface area contributed by atoms with Crippen LogP contribution in [0, 0.1) is 0 Å².